The van der Waals surface area contributed by atoms with Gasteiger partial charge in [0.15, 0.2) is 6.61 Å². The zero-order valence-electron chi connectivity index (χ0n) is 15.3. The van der Waals surface area contributed by atoms with Gasteiger partial charge in [-0.3, -0.25) is 4.79 Å². The van der Waals surface area contributed by atoms with Crippen LogP contribution in [0.25, 0.3) is 0 Å². The molecule has 0 aliphatic rings. The van der Waals surface area contributed by atoms with Crippen molar-refractivity contribution >= 4 is 16.0 Å². The first kappa shape index (κ1) is 20.7. The predicted octanol–water partition coefficient (Wildman–Crippen LogP) is 2.08. The molecule has 2 aromatic rings. The van der Waals surface area contributed by atoms with E-state index in [1.54, 1.807) is 48.4 Å². The minimum atomic E-state index is -3.57. The Balaban J connectivity index is 1.99. The molecule has 8 heteroatoms. The lowest BCUT2D eigenvalue weighted by atomic mass is 10.2. The minimum absolute atomic E-state index is 0.0804. The quantitative estimate of drug-likeness (QED) is 0.575. The van der Waals surface area contributed by atoms with Gasteiger partial charge in [-0.05, 0) is 29.8 Å². The number of benzene rings is 2. The SMILES string of the molecule is COCCN(Cc1ccc(OS(C)(=O)=O)cc1)C(=O)COc1ccccc1. The van der Waals surface area contributed by atoms with Crippen molar-refractivity contribution in [2.24, 2.45) is 0 Å². The minimum Gasteiger partial charge on any atom is -0.484 e. The van der Waals surface area contributed by atoms with Gasteiger partial charge in [0.2, 0.25) is 0 Å². The van der Waals surface area contributed by atoms with Crippen molar-refractivity contribution in [1.29, 1.82) is 0 Å². The fraction of sp³-hybridized carbons (Fsp3) is 0.316. The molecule has 146 valence electrons. The maximum absolute atomic E-state index is 12.5. The third-order valence-electron chi connectivity index (χ3n) is 3.57. The Morgan fingerprint density at radius 1 is 1.00 bits per heavy atom. The standard InChI is InChI=1S/C19H23NO6S/c1-24-13-12-20(19(21)15-25-17-6-4-3-5-7-17)14-16-8-10-18(11-9-16)26-27(2,22)23/h3-11H,12-15H2,1-2H3. The first-order valence-corrected chi connectivity index (χ1v) is 10.1. The third kappa shape index (κ3) is 7.67. The Kier molecular flexibility index (Phi) is 7.63. The lowest BCUT2D eigenvalue weighted by Crippen LogP contribution is -2.36. The maximum Gasteiger partial charge on any atom is 0.306 e. The van der Waals surface area contributed by atoms with E-state index in [0.717, 1.165) is 11.8 Å². The third-order valence-corrected chi connectivity index (χ3v) is 4.06. The number of carbonyl (C=O) groups is 1. The normalized spacial score (nSPS) is 11.0. The monoisotopic (exact) mass is 393 g/mol. The molecular weight excluding hydrogens is 370 g/mol. The van der Waals surface area contributed by atoms with Gasteiger partial charge in [0, 0.05) is 20.2 Å². The number of methoxy groups -OCH3 is 1. The fourth-order valence-corrected chi connectivity index (χ4v) is 2.75. The molecule has 1 amide bonds. The Hall–Kier alpha value is -2.58. The molecule has 0 spiro atoms. The van der Waals surface area contributed by atoms with Gasteiger partial charge in [-0.25, -0.2) is 0 Å². The predicted molar refractivity (Wildman–Crippen MR) is 101 cm³/mol. The van der Waals surface area contributed by atoms with Crippen LogP contribution >= 0.6 is 0 Å². The molecule has 0 saturated carbocycles. The van der Waals surface area contributed by atoms with Crippen molar-refractivity contribution in [1.82, 2.24) is 4.90 Å². The van der Waals surface area contributed by atoms with Crippen LogP contribution in [-0.4, -0.2) is 52.3 Å². The summed E-state index contributed by atoms with van der Waals surface area (Å²) in [5.41, 5.74) is 0.833. The largest absolute Gasteiger partial charge is 0.484 e. The van der Waals surface area contributed by atoms with Gasteiger partial charge in [0.25, 0.3) is 5.91 Å². The highest BCUT2D eigenvalue weighted by Gasteiger charge is 2.15. The molecule has 0 heterocycles. The van der Waals surface area contributed by atoms with Crippen molar-refractivity contribution in [3.63, 3.8) is 0 Å². The first-order valence-electron chi connectivity index (χ1n) is 8.30. The van der Waals surface area contributed by atoms with Gasteiger partial charge in [-0.1, -0.05) is 30.3 Å². The number of hydrogen-bond donors (Lipinski definition) is 0. The zero-order chi connectivity index (χ0) is 19.7. The number of para-hydroxylation sites is 1. The summed E-state index contributed by atoms with van der Waals surface area (Å²) in [5, 5.41) is 0. The molecule has 0 radical (unpaired) electrons. The van der Waals surface area contributed by atoms with E-state index in [9.17, 15) is 13.2 Å². The molecule has 0 fully saturated rings. The van der Waals surface area contributed by atoms with Crippen molar-refractivity contribution in [2.75, 3.05) is 33.1 Å². The Morgan fingerprint density at radius 3 is 2.26 bits per heavy atom. The second-order valence-electron chi connectivity index (χ2n) is 5.84. The zero-order valence-corrected chi connectivity index (χ0v) is 16.1. The second kappa shape index (κ2) is 9.94. The number of hydrogen-bond acceptors (Lipinski definition) is 6. The van der Waals surface area contributed by atoms with E-state index >= 15 is 0 Å². The van der Waals surface area contributed by atoms with Gasteiger partial charge >= 0.3 is 10.1 Å². The van der Waals surface area contributed by atoms with Crippen LogP contribution in [0.4, 0.5) is 0 Å². The Bertz CT molecular complexity index is 821. The van der Waals surface area contributed by atoms with Crippen molar-refractivity contribution in [2.45, 2.75) is 6.54 Å². The van der Waals surface area contributed by atoms with E-state index in [-0.39, 0.29) is 18.3 Å². The van der Waals surface area contributed by atoms with Gasteiger partial charge in [0.05, 0.1) is 12.9 Å². The molecule has 0 N–H and O–H groups in total. The van der Waals surface area contributed by atoms with Gasteiger partial charge in [-0.2, -0.15) is 8.42 Å². The van der Waals surface area contributed by atoms with Crippen LogP contribution in [0.3, 0.4) is 0 Å². The highest BCUT2D eigenvalue weighted by atomic mass is 32.2. The van der Waals surface area contributed by atoms with E-state index in [1.165, 1.54) is 0 Å². The molecule has 0 unspecified atom stereocenters. The topological polar surface area (TPSA) is 82.1 Å². The van der Waals surface area contributed by atoms with Crippen LogP contribution in [0.5, 0.6) is 11.5 Å². The van der Waals surface area contributed by atoms with Crippen molar-refractivity contribution in [3.8, 4) is 11.5 Å². The number of amides is 1. The summed E-state index contributed by atoms with van der Waals surface area (Å²) in [6, 6.07) is 15.6. The molecule has 0 aromatic heterocycles. The molecular formula is C19H23NO6S. The first-order chi connectivity index (χ1) is 12.9. The fourth-order valence-electron chi connectivity index (χ4n) is 2.29. The molecule has 0 aliphatic carbocycles. The lowest BCUT2D eigenvalue weighted by molar-refractivity contribution is -0.134. The van der Waals surface area contributed by atoms with Crippen LogP contribution < -0.4 is 8.92 Å². The van der Waals surface area contributed by atoms with Crippen LogP contribution in [0.1, 0.15) is 5.56 Å². The molecule has 0 saturated heterocycles. The number of rotatable bonds is 10. The summed E-state index contributed by atoms with van der Waals surface area (Å²) in [5.74, 6) is 0.676. The molecule has 2 aromatic carbocycles. The number of nitrogens with zero attached hydrogens (tertiary/aromatic N) is 1. The number of ether oxygens (including phenoxy) is 2. The highest BCUT2D eigenvalue weighted by Crippen LogP contribution is 2.16. The van der Waals surface area contributed by atoms with Crippen molar-refractivity contribution < 1.29 is 26.9 Å². The lowest BCUT2D eigenvalue weighted by Gasteiger charge is -2.22. The molecule has 2 rings (SSSR count). The smallest absolute Gasteiger partial charge is 0.306 e. The van der Waals surface area contributed by atoms with Crippen LogP contribution in [0.15, 0.2) is 54.6 Å². The van der Waals surface area contributed by atoms with Crippen LogP contribution in [-0.2, 0) is 26.2 Å². The van der Waals surface area contributed by atoms with E-state index in [0.29, 0.717) is 25.4 Å². The molecule has 0 bridgehead atoms. The van der Waals surface area contributed by atoms with Crippen molar-refractivity contribution in [3.05, 3.63) is 60.2 Å². The Labute approximate surface area is 159 Å². The summed E-state index contributed by atoms with van der Waals surface area (Å²) in [7, 11) is -2.00. The van der Waals surface area contributed by atoms with E-state index < -0.39 is 10.1 Å². The average molecular weight is 393 g/mol. The van der Waals surface area contributed by atoms with E-state index in [1.807, 2.05) is 18.2 Å². The second-order valence-corrected chi connectivity index (χ2v) is 7.42. The average Bonchev–Trinajstić information content (AvgIpc) is 2.64. The summed E-state index contributed by atoms with van der Waals surface area (Å²) in [6.07, 6.45) is 0.985. The van der Waals surface area contributed by atoms with Crippen LogP contribution in [0, 0.1) is 0 Å². The summed E-state index contributed by atoms with van der Waals surface area (Å²) < 4.78 is 37.7. The van der Waals surface area contributed by atoms with E-state index in [4.69, 9.17) is 13.7 Å². The molecule has 0 aliphatic heterocycles. The van der Waals surface area contributed by atoms with Crippen LogP contribution in [0.2, 0.25) is 0 Å². The highest BCUT2D eigenvalue weighted by molar-refractivity contribution is 7.86. The van der Waals surface area contributed by atoms with Gasteiger partial charge in [0.1, 0.15) is 11.5 Å². The van der Waals surface area contributed by atoms with Gasteiger partial charge < -0.3 is 18.6 Å². The molecule has 27 heavy (non-hydrogen) atoms. The van der Waals surface area contributed by atoms with E-state index in [2.05, 4.69) is 0 Å². The summed E-state index contributed by atoms with van der Waals surface area (Å²) in [4.78, 5) is 14.1. The summed E-state index contributed by atoms with van der Waals surface area (Å²) in [6.45, 7) is 1.07. The molecule has 0 atom stereocenters. The Morgan fingerprint density at radius 2 is 1.67 bits per heavy atom. The molecule has 7 nitrogen and oxygen atoms in total. The maximum atomic E-state index is 12.5. The summed E-state index contributed by atoms with van der Waals surface area (Å²) >= 11 is 0. The van der Waals surface area contributed by atoms with Gasteiger partial charge in [-0.15, -0.1) is 0 Å². The number of carbonyl (C=O) groups excluding carboxylic acids is 1.